The third-order valence-electron chi connectivity index (χ3n) is 3.88. The molecule has 0 bridgehead atoms. The predicted molar refractivity (Wildman–Crippen MR) is 81.2 cm³/mol. The Hall–Kier alpha value is -1.30. The molecule has 0 radical (unpaired) electrons. The van der Waals surface area contributed by atoms with Crippen LogP contribution in [0, 0.1) is 11.8 Å². The van der Waals surface area contributed by atoms with E-state index in [0.29, 0.717) is 18.0 Å². The van der Waals surface area contributed by atoms with E-state index in [4.69, 9.17) is 1.37 Å². The van der Waals surface area contributed by atoms with Crippen LogP contribution < -0.4 is 0 Å². The molecule has 0 aliphatic heterocycles. The number of benzene rings is 1. The monoisotopic (exact) mass is 273 g/mol. The smallest absolute Gasteiger partial charge is 0.125 e. The SMILES string of the molecule is [2H]c1cc(C#CC2(O)CCCCC2)cc(C(O)CCC)c1. The van der Waals surface area contributed by atoms with Gasteiger partial charge in [0.1, 0.15) is 5.60 Å². The maximum absolute atomic E-state index is 10.4. The first-order valence-electron chi connectivity index (χ1n) is 8.07. The molecule has 1 aliphatic carbocycles. The molecule has 0 saturated heterocycles. The van der Waals surface area contributed by atoms with E-state index in [9.17, 15) is 10.2 Å². The van der Waals surface area contributed by atoms with Crippen LogP contribution in [0.5, 0.6) is 0 Å². The lowest BCUT2D eigenvalue weighted by atomic mass is 9.85. The van der Waals surface area contributed by atoms with E-state index in [2.05, 4.69) is 11.8 Å². The van der Waals surface area contributed by atoms with E-state index in [0.717, 1.165) is 37.7 Å². The van der Waals surface area contributed by atoms with Crippen LogP contribution in [0.15, 0.2) is 24.2 Å². The van der Waals surface area contributed by atoms with E-state index in [1.165, 1.54) is 6.42 Å². The third-order valence-corrected chi connectivity index (χ3v) is 3.88. The van der Waals surface area contributed by atoms with Gasteiger partial charge in [-0.15, -0.1) is 0 Å². The molecule has 1 unspecified atom stereocenters. The van der Waals surface area contributed by atoms with Crippen LogP contribution in [-0.4, -0.2) is 15.8 Å². The number of hydrogen-bond acceptors (Lipinski definition) is 2. The second-order valence-electron chi connectivity index (χ2n) is 5.70. The van der Waals surface area contributed by atoms with Gasteiger partial charge in [0, 0.05) is 5.56 Å². The molecular formula is C18H24O2. The van der Waals surface area contributed by atoms with Crippen molar-refractivity contribution in [1.82, 2.24) is 0 Å². The molecule has 1 aromatic rings. The topological polar surface area (TPSA) is 40.5 Å². The van der Waals surface area contributed by atoms with Crippen molar-refractivity contribution in [3.8, 4) is 11.8 Å². The summed E-state index contributed by atoms with van der Waals surface area (Å²) in [7, 11) is 0. The van der Waals surface area contributed by atoms with Crippen LogP contribution >= 0.6 is 0 Å². The Balaban J connectivity index is 2.20. The lowest BCUT2D eigenvalue weighted by Gasteiger charge is -2.26. The van der Waals surface area contributed by atoms with E-state index >= 15 is 0 Å². The van der Waals surface area contributed by atoms with Gasteiger partial charge in [0.15, 0.2) is 0 Å². The Labute approximate surface area is 123 Å². The summed E-state index contributed by atoms with van der Waals surface area (Å²) < 4.78 is 7.83. The van der Waals surface area contributed by atoms with E-state index in [1.54, 1.807) is 12.1 Å². The molecule has 0 heterocycles. The van der Waals surface area contributed by atoms with E-state index < -0.39 is 11.7 Å². The molecule has 1 fully saturated rings. The van der Waals surface area contributed by atoms with Gasteiger partial charge in [0.05, 0.1) is 7.47 Å². The maximum atomic E-state index is 10.4. The van der Waals surface area contributed by atoms with Crippen molar-refractivity contribution in [2.45, 2.75) is 63.6 Å². The highest BCUT2D eigenvalue weighted by Crippen LogP contribution is 2.27. The van der Waals surface area contributed by atoms with Gasteiger partial charge in [-0.2, -0.15) is 0 Å². The zero-order chi connectivity index (χ0) is 15.3. The van der Waals surface area contributed by atoms with Crippen LogP contribution in [0.4, 0.5) is 0 Å². The Bertz CT molecular complexity index is 536. The van der Waals surface area contributed by atoms with Crippen molar-refractivity contribution in [2.75, 3.05) is 0 Å². The normalized spacial score (nSPS) is 19.6. The highest BCUT2D eigenvalue weighted by Gasteiger charge is 2.26. The van der Waals surface area contributed by atoms with Crippen molar-refractivity contribution in [3.63, 3.8) is 0 Å². The predicted octanol–water partition coefficient (Wildman–Crippen LogP) is 3.57. The molecule has 0 aromatic heterocycles. The van der Waals surface area contributed by atoms with Crippen molar-refractivity contribution in [1.29, 1.82) is 0 Å². The first-order chi connectivity index (χ1) is 10.0. The molecule has 108 valence electrons. The van der Waals surface area contributed by atoms with Crippen LogP contribution in [0.3, 0.4) is 0 Å². The first-order valence-corrected chi connectivity index (χ1v) is 7.57. The molecule has 1 aromatic carbocycles. The van der Waals surface area contributed by atoms with Crippen LogP contribution in [0.1, 0.15) is 70.5 Å². The Morgan fingerprint density at radius 3 is 2.80 bits per heavy atom. The van der Waals surface area contributed by atoms with Gasteiger partial charge in [-0.05, 0) is 49.8 Å². The molecule has 0 spiro atoms. The van der Waals surface area contributed by atoms with Gasteiger partial charge in [0.25, 0.3) is 0 Å². The van der Waals surface area contributed by atoms with Crippen LogP contribution in [0.2, 0.25) is 0 Å². The Kier molecular flexibility index (Phi) is 4.73. The fourth-order valence-corrected chi connectivity index (χ4v) is 2.65. The van der Waals surface area contributed by atoms with Gasteiger partial charge in [-0.25, -0.2) is 0 Å². The minimum atomic E-state index is -0.877. The van der Waals surface area contributed by atoms with Crippen LogP contribution in [0.25, 0.3) is 0 Å². The lowest BCUT2D eigenvalue weighted by molar-refractivity contribution is 0.0610. The molecule has 2 nitrogen and oxygen atoms in total. The number of aliphatic hydroxyl groups excluding tert-OH is 1. The Morgan fingerprint density at radius 2 is 2.10 bits per heavy atom. The van der Waals surface area contributed by atoms with Crippen molar-refractivity contribution in [2.24, 2.45) is 0 Å². The Morgan fingerprint density at radius 1 is 1.35 bits per heavy atom. The fourth-order valence-electron chi connectivity index (χ4n) is 2.65. The zero-order valence-electron chi connectivity index (χ0n) is 13.2. The highest BCUT2D eigenvalue weighted by atomic mass is 16.3. The average Bonchev–Trinajstić information content (AvgIpc) is 2.46. The van der Waals surface area contributed by atoms with Gasteiger partial charge >= 0.3 is 0 Å². The van der Waals surface area contributed by atoms with Gasteiger partial charge in [-0.3, -0.25) is 0 Å². The fraction of sp³-hybridized carbons (Fsp3) is 0.556. The number of rotatable bonds is 3. The summed E-state index contributed by atoms with van der Waals surface area (Å²) in [6, 6.07) is 5.54. The maximum Gasteiger partial charge on any atom is 0.125 e. The molecular weight excluding hydrogens is 248 g/mol. The molecule has 2 rings (SSSR count). The zero-order valence-corrected chi connectivity index (χ0v) is 12.2. The highest BCUT2D eigenvalue weighted by molar-refractivity contribution is 5.39. The molecule has 2 heteroatoms. The molecule has 0 amide bonds. The first kappa shape index (κ1) is 13.7. The molecule has 20 heavy (non-hydrogen) atoms. The molecule has 2 N–H and O–H groups in total. The lowest BCUT2D eigenvalue weighted by Crippen LogP contribution is -2.29. The van der Waals surface area contributed by atoms with Gasteiger partial charge in [0.2, 0.25) is 0 Å². The second kappa shape index (κ2) is 6.92. The third kappa shape index (κ3) is 4.10. The summed E-state index contributed by atoms with van der Waals surface area (Å²) >= 11 is 0. The van der Waals surface area contributed by atoms with Gasteiger partial charge < -0.3 is 10.2 Å². The van der Waals surface area contributed by atoms with Gasteiger partial charge in [-0.1, -0.05) is 43.7 Å². The van der Waals surface area contributed by atoms with Crippen LogP contribution in [-0.2, 0) is 0 Å². The quantitative estimate of drug-likeness (QED) is 0.827. The summed E-state index contributed by atoms with van der Waals surface area (Å²) in [5.74, 6) is 5.98. The van der Waals surface area contributed by atoms with Crippen molar-refractivity contribution < 1.29 is 11.6 Å². The number of hydrogen-bond donors (Lipinski definition) is 2. The van der Waals surface area contributed by atoms with E-state index in [-0.39, 0.29) is 0 Å². The summed E-state index contributed by atoms with van der Waals surface area (Å²) in [4.78, 5) is 0. The molecule has 1 aliphatic rings. The molecule has 1 saturated carbocycles. The van der Waals surface area contributed by atoms with E-state index in [1.807, 2.05) is 13.0 Å². The van der Waals surface area contributed by atoms with Crippen molar-refractivity contribution in [3.05, 3.63) is 35.4 Å². The summed E-state index contributed by atoms with van der Waals surface area (Å²) in [6.45, 7) is 2.02. The average molecular weight is 273 g/mol. The largest absolute Gasteiger partial charge is 0.388 e. The minimum absolute atomic E-state index is 0.350. The number of aliphatic hydroxyl groups is 2. The molecule has 1 atom stereocenters. The minimum Gasteiger partial charge on any atom is -0.388 e. The van der Waals surface area contributed by atoms with Crippen molar-refractivity contribution >= 4 is 0 Å². The summed E-state index contributed by atoms with van der Waals surface area (Å²) in [6.07, 6.45) is 5.69. The standard InChI is InChI=1S/C18H24O2/c1-2-7-17(19)16-9-6-8-15(14-16)10-13-18(20)11-4-3-5-12-18/h6,8-9,14,17,19-20H,2-5,7,11-12H2,1H3/i6D. The summed E-state index contributed by atoms with van der Waals surface area (Å²) in [5.41, 5.74) is 0.564. The summed E-state index contributed by atoms with van der Waals surface area (Å²) in [5, 5.41) is 20.5. The second-order valence-corrected chi connectivity index (χ2v) is 5.70.